The Kier molecular flexibility index (Phi) is 7.06. The number of carbonyl (C=O) groups excluding carboxylic acids is 1. The highest BCUT2D eigenvalue weighted by Gasteiger charge is 2.17. The molecule has 3 aromatic rings. The number of aryl methyl sites for hydroxylation is 2. The normalized spacial score (nSPS) is 10.7. The first-order valence-corrected chi connectivity index (χ1v) is 10.5. The van der Waals surface area contributed by atoms with Gasteiger partial charge in [0.2, 0.25) is 0 Å². The Hall–Kier alpha value is -3.20. The molecule has 0 bridgehead atoms. The lowest BCUT2D eigenvalue weighted by molar-refractivity contribution is -0.386. The molecule has 162 valence electrons. The molecule has 0 aliphatic carbocycles. The SMILES string of the molecule is CCn1cc(Br)c(CN(C)C(=O)c2cccc(COc3ccc(C)cc3[N+](=O)[O-])c2)n1. The number of nitro benzene ring substituents is 1. The summed E-state index contributed by atoms with van der Waals surface area (Å²) in [6.45, 7) is 5.01. The van der Waals surface area contributed by atoms with Gasteiger partial charge < -0.3 is 9.64 Å². The topological polar surface area (TPSA) is 90.5 Å². The summed E-state index contributed by atoms with van der Waals surface area (Å²) in [6.07, 6.45) is 1.88. The fourth-order valence-electron chi connectivity index (χ4n) is 3.07. The average molecular weight is 487 g/mol. The van der Waals surface area contributed by atoms with Gasteiger partial charge in [0.15, 0.2) is 5.75 Å². The van der Waals surface area contributed by atoms with E-state index in [1.807, 2.05) is 19.2 Å². The molecule has 1 amide bonds. The van der Waals surface area contributed by atoms with Crippen molar-refractivity contribution in [2.75, 3.05) is 7.05 Å². The van der Waals surface area contributed by atoms with Crippen molar-refractivity contribution in [3.8, 4) is 5.75 Å². The Morgan fingerprint density at radius 1 is 1.29 bits per heavy atom. The Morgan fingerprint density at radius 2 is 2.06 bits per heavy atom. The van der Waals surface area contributed by atoms with Crippen LogP contribution in [0.5, 0.6) is 5.75 Å². The molecule has 0 spiro atoms. The number of halogens is 1. The van der Waals surface area contributed by atoms with E-state index in [1.54, 1.807) is 53.9 Å². The number of ether oxygens (including phenoxy) is 1. The average Bonchev–Trinajstić information content (AvgIpc) is 3.11. The number of nitro groups is 1. The Balaban J connectivity index is 1.70. The third kappa shape index (κ3) is 5.49. The Morgan fingerprint density at radius 3 is 2.74 bits per heavy atom. The molecule has 8 nitrogen and oxygen atoms in total. The summed E-state index contributed by atoms with van der Waals surface area (Å²) < 4.78 is 8.34. The van der Waals surface area contributed by atoms with Crippen molar-refractivity contribution in [1.82, 2.24) is 14.7 Å². The number of aromatic nitrogens is 2. The van der Waals surface area contributed by atoms with E-state index in [4.69, 9.17) is 4.74 Å². The number of rotatable bonds is 8. The zero-order valence-corrected chi connectivity index (χ0v) is 19.1. The van der Waals surface area contributed by atoms with Gasteiger partial charge in [-0.3, -0.25) is 19.6 Å². The van der Waals surface area contributed by atoms with Crippen LogP contribution in [0.2, 0.25) is 0 Å². The van der Waals surface area contributed by atoms with E-state index in [2.05, 4.69) is 21.0 Å². The van der Waals surface area contributed by atoms with Crippen LogP contribution in [0.4, 0.5) is 5.69 Å². The summed E-state index contributed by atoms with van der Waals surface area (Å²) in [4.78, 5) is 25.3. The van der Waals surface area contributed by atoms with Crippen molar-refractivity contribution >= 4 is 27.5 Å². The lowest BCUT2D eigenvalue weighted by Crippen LogP contribution is -2.26. The van der Waals surface area contributed by atoms with Crippen molar-refractivity contribution in [1.29, 1.82) is 0 Å². The van der Waals surface area contributed by atoms with E-state index in [0.717, 1.165) is 27.8 Å². The van der Waals surface area contributed by atoms with Crippen LogP contribution in [0.3, 0.4) is 0 Å². The smallest absolute Gasteiger partial charge is 0.311 e. The second-order valence-corrected chi connectivity index (χ2v) is 8.01. The monoisotopic (exact) mass is 486 g/mol. The Labute approximate surface area is 188 Å². The number of hydrogen-bond acceptors (Lipinski definition) is 5. The van der Waals surface area contributed by atoms with E-state index < -0.39 is 4.92 Å². The molecule has 0 atom stereocenters. The van der Waals surface area contributed by atoms with Gasteiger partial charge >= 0.3 is 5.69 Å². The molecule has 0 saturated carbocycles. The number of nitrogens with zero attached hydrogens (tertiary/aromatic N) is 4. The number of amides is 1. The first-order valence-electron chi connectivity index (χ1n) is 9.72. The highest BCUT2D eigenvalue weighted by atomic mass is 79.9. The number of carbonyl (C=O) groups is 1. The third-order valence-electron chi connectivity index (χ3n) is 4.72. The van der Waals surface area contributed by atoms with Crippen LogP contribution in [0.15, 0.2) is 53.1 Å². The summed E-state index contributed by atoms with van der Waals surface area (Å²) in [7, 11) is 1.72. The summed E-state index contributed by atoms with van der Waals surface area (Å²) in [5, 5.41) is 15.7. The van der Waals surface area contributed by atoms with Crippen LogP contribution in [0.1, 0.15) is 34.1 Å². The first kappa shape index (κ1) is 22.5. The molecule has 0 aliphatic heterocycles. The van der Waals surface area contributed by atoms with E-state index in [-0.39, 0.29) is 24.0 Å². The third-order valence-corrected chi connectivity index (χ3v) is 5.39. The summed E-state index contributed by atoms with van der Waals surface area (Å²) in [6, 6.07) is 11.9. The van der Waals surface area contributed by atoms with Gasteiger partial charge in [-0.15, -0.1) is 0 Å². The van der Waals surface area contributed by atoms with Gasteiger partial charge in [-0.05, 0) is 59.1 Å². The van der Waals surface area contributed by atoms with Crippen LogP contribution in [0.25, 0.3) is 0 Å². The molecular formula is C22H23BrN4O4. The lowest BCUT2D eigenvalue weighted by atomic mass is 10.1. The second kappa shape index (κ2) is 9.74. The van der Waals surface area contributed by atoms with Crippen molar-refractivity contribution < 1.29 is 14.5 Å². The summed E-state index contributed by atoms with van der Waals surface area (Å²) in [5.41, 5.74) is 2.73. The standard InChI is InChI=1S/C22H23BrN4O4/c1-4-26-12-18(23)19(24-26)13-25(3)22(28)17-7-5-6-16(11-17)14-31-21-9-8-15(2)10-20(21)27(29)30/h5-12H,4,13-14H2,1-3H3. The fourth-order valence-corrected chi connectivity index (χ4v) is 3.51. The zero-order chi connectivity index (χ0) is 22.5. The van der Waals surface area contributed by atoms with Crippen LogP contribution in [0, 0.1) is 17.0 Å². The molecule has 0 radical (unpaired) electrons. The van der Waals surface area contributed by atoms with Crippen molar-refractivity contribution in [3.05, 3.63) is 85.6 Å². The minimum atomic E-state index is -0.463. The van der Waals surface area contributed by atoms with Gasteiger partial charge in [-0.25, -0.2) is 0 Å². The maximum atomic E-state index is 12.9. The van der Waals surface area contributed by atoms with Gasteiger partial charge in [0.25, 0.3) is 5.91 Å². The maximum Gasteiger partial charge on any atom is 0.311 e. The largest absolute Gasteiger partial charge is 0.482 e. The zero-order valence-electron chi connectivity index (χ0n) is 17.5. The number of benzene rings is 2. The molecule has 3 rings (SSSR count). The number of hydrogen-bond donors (Lipinski definition) is 0. The van der Waals surface area contributed by atoms with Gasteiger partial charge in [0.05, 0.1) is 21.6 Å². The second-order valence-electron chi connectivity index (χ2n) is 7.16. The molecule has 0 unspecified atom stereocenters. The van der Waals surface area contributed by atoms with E-state index in [1.165, 1.54) is 6.07 Å². The maximum absolute atomic E-state index is 12.9. The van der Waals surface area contributed by atoms with Gasteiger partial charge in [-0.2, -0.15) is 5.10 Å². The molecular weight excluding hydrogens is 464 g/mol. The van der Waals surface area contributed by atoms with Crippen LogP contribution in [-0.2, 0) is 19.7 Å². The van der Waals surface area contributed by atoms with Crippen LogP contribution in [-0.4, -0.2) is 32.6 Å². The highest BCUT2D eigenvalue weighted by Crippen LogP contribution is 2.28. The van der Waals surface area contributed by atoms with Crippen molar-refractivity contribution in [2.45, 2.75) is 33.5 Å². The predicted octanol–water partition coefficient (Wildman–Crippen LogP) is 4.73. The van der Waals surface area contributed by atoms with Crippen molar-refractivity contribution in [3.63, 3.8) is 0 Å². The minimum absolute atomic E-state index is 0.0796. The molecule has 0 fully saturated rings. The van der Waals surface area contributed by atoms with E-state index in [9.17, 15) is 14.9 Å². The highest BCUT2D eigenvalue weighted by molar-refractivity contribution is 9.10. The van der Waals surface area contributed by atoms with Gasteiger partial charge in [0.1, 0.15) is 6.61 Å². The molecule has 9 heteroatoms. The molecule has 0 N–H and O–H groups in total. The van der Waals surface area contributed by atoms with Gasteiger partial charge in [-0.1, -0.05) is 18.2 Å². The van der Waals surface area contributed by atoms with Gasteiger partial charge in [0, 0.05) is 31.4 Å². The molecule has 2 aromatic carbocycles. The quantitative estimate of drug-likeness (QED) is 0.339. The Bertz CT molecular complexity index is 1110. The van der Waals surface area contributed by atoms with Crippen molar-refractivity contribution in [2.24, 2.45) is 0 Å². The predicted molar refractivity (Wildman–Crippen MR) is 120 cm³/mol. The molecule has 0 aliphatic rings. The molecule has 1 aromatic heterocycles. The molecule has 1 heterocycles. The van der Waals surface area contributed by atoms with Crippen LogP contribution < -0.4 is 4.74 Å². The summed E-state index contributed by atoms with van der Waals surface area (Å²) in [5.74, 6) is 0.0434. The van der Waals surface area contributed by atoms with E-state index in [0.29, 0.717) is 12.1 Å². The molecule has 0 saturated heterocycles. The van der Waals surface area contributed by atoms with E-state index >= 15 is 0 Å². The lowest BCUT2D eigenvalue weighted by Gasteiger charge is -2.17. The first-order chi connectivity index (χ1) is 14.8. The fraction of sp³-hybridized carbons (Fsp3) is 0.273. The summed E-state index contributed by atoms with van der Waals surface area (Å²) >= 11 is 3.48. The van der Waals surface area contributed by atoms with Crippen LogP contribution >= 0.6 is 15.9 Å². The minimum Gasteiger partial charge on any atom is -0.482 e. The molecule has 31 heavy (non-hydrogen) atoms.